The van der Waals surface area contributed by atoms with E-state index in [1.54, 1.807) is 6.92 Å². The summed E-state index contributed by atoms with van der Waals surface area (Å²) >= 11 is 1.43. The average Bonchev–Trinajstić information content (AvgIpc) is 3.07. The fourth-order valence-corrected chi connectivity index (χ4v) is 4.22. The molecule has 4 nitrogen and oxygen atoms in total. The van der Waals surface area contributed by atoms with Crippen molar-refractivity contribution in [2.75, 3.05) is 11.9 Å². The predicted molar refractivity (Wildman–Crippen MR) is 101 cm³/mol. The number of hydrogen-bond donors (Lipinski definition) is 1. The largest absolute Gasteiger partial charge is 0.462 e. The predicted octanol–water partition coefficient (Wildman–Crippen LogP) is 5.11. The summed E-state index contributed by atoms with van der Waals surface area (Å²) < 4.78 is 5.16. The highest BCUT2D eigenvalue weighted by Gasteiger charge is 2.25. The molecule has 0 radical (unpaired) electrons. The van der Waals surface area contributed by atoms with Crippen LogP contribution in [0.25, 0.3) is 10.4 Å². The molecule has 0 unspecified atom stereocenters. The van der Waals surface area contributed by atoms with Crippen LogP contribution in [0.2, 0.25) is 0 Å². The monoisotopic (exact) mass is 357 g/mol. The number of benzene rings is 1. The van der Waals surface area contributed by atoms with Crippen LogP contribution in [0.4, 0.5) is 5.00 Å². The third-order valence-electron chi connectivity index (χ3n) is 4.50. The molecule has 0 saturated heterocycles. The molecule has 1 aliphatic carbocycles. The number of carbonyl (C=O) groups excluding carboxylic acids is 2. The number of carbonyl (C=O) groups is 2. The van der Waals surface area contributed by atoms with Crippen LogP contribution in [0.15, 0.2) is 36.4 Å². The lowest BCUT2D eigenvalue weighted by Crippen LogP contribution is -2.25. The van der Waals surface area contributed by atoms with E-state index in [9.17, 15) is 9.59 Å². The molecule has 1 aliphatic rings. The first-order valence-electron chi connectivity index (χ1n) is 8.86. The van der Waals surface area contributed by atoms with E-state index < -0.39 is 0 Å². The molecule has 1 fully saturated rings. The summed E-state index contributed by atoms with van der Waals surface area (Å²) in [4.78, 5) is 25.8. The molecule has 25 heavy (non-hydrogen) atoms. The molecule has 1 saturated carbocycles. The van der Waals surface area contributed by atoms with Gasteiger partial charge >= 0.3 is 5.97 Å². The normalized spacial score (nSPS) is 14.9. The van der Waals surface area contributed by atoms with Gasteiger partial charge in [0.15, 0.2) is 0 Å². The quantitative estimate of drug-likeness (QED) is 0.757. The van der Waals surface area contributed by atoms with Crippen LogP contribution in [-0.2, 0) is 9.53 Å². The van der Waals surface area contributed by atoms with Gasteiger partial charge in [-0.3, -0.25) is 4.79 Å². The van der Waals surface area contributed by atoms with E-state index >= 15 is 0 Å². The molecule has 1 heterocycles. The summed E-state index contributed by atoms with van der Waals surface area (Å²) in [5, 5.41) is 3.58. The van der Waals surface area contributed by atoms with Crippen LogP contribution in [0.3, 0.4) is 0 Å². The first-order chi connectivity index (χ1) is 12.2. The van der Waals surface area contributed by atoms with Crippen LogP contribution in [0.5, 0.6) is 0 Å². The fraction of sp³-hybridized carbons (Fsp3) is 0.400. The Balaban J connectivity index is 1.86. The minimum Gasteiger partial charge on any atom is -0.462 e. The van der Waals surface area contributed by atoms with E-state index in [-0.39, 0.29) is 17.8 Å². The lowest BCUT2D eigenvalue weighted by molar-refractivity contribution is -0.120. The van der Waals surface area contributed by atoms with Gasteiger partial charge in [0.25, 0.3) is 0 Å². The highest BCUT2D eigenvalue weighted by atomic mass is 32.1. The Morgan fingerprint density at radius 1 is 1.16 bits per heavy atom. The molecule has 0 spiro atoms. The van der Waals surface area contributed by atoms with Gasteiger partial charge in [-0.15, -0.1) is 11.3 Å². The Hall–Kier alpha value is -2.14. The van der Waals surface area contributed by atoms with Crippen molar-refractivity contribution in [2.24, 2.45) is 5.92 Å². The molecule has 5 heteroatoms. The number of ether oxygens (including phenoxy) is 1. The maximum absolute atomic E-state index is 12.6. The molecule has 0 atom stereocenters. The summed E-state index contributed by atoms with van der Waals surface area (Å²) in [5.74, 6) is -0.322. The van der Waals surface area contributed by atoms with Crippen LogP contribution in [-0.4, -0.2) is 18.5 Å². The van der Waals surface area contributed by atoms with E-state index in [4.69, 9.17) is 4.74 Å². The molecular weight excluding hydrogens is 334 g/mol. The molecule has 3 rings (SSSR count). The Morgan fingerprint density at radius 3 is 2.56 bits per heavy atom. The van der Waals surface area contributed by atoms with E-state index in [0.717, 1.165) is 36.1 Å². The van der Waals surface area contributed by atoms with E-state index in [1.165, 1.54) is 17.8 Å². The minimum absolute atomic E-state index is 0.0201. The van der Waals surface area contributed by atoms with Crippen molar-refractivity contribution < 1.29 is 14.3 Å². The van der Waals surface area contributed by atoms with Crippen LogP contribution in [0.1, 0.15) is 49.4 Å². The number of hydrogen-bond acceptors (Lipinski definition) is 4. The van der Waals surface area contributed by atoms with Crippen molar-refractivity contribution in [1.82, 2.24) is 0 Å². The summed E-state index contributed by atoms with van der Waals surface area (Å²) in [6.45, 7) is 2.09. The number of rotatable bonds is 5. The standard InChI is InChI=1S/C20H23NO3S/c1-2-24-20(23)16-13-17(14-9-5-3-6-10-14)25-19(16)21-18(22)15-11-7-4-8-12-15/h3,5-6,9-10,13,15H,2,4,7-8,11-12H2,1H3,(H,21,22). The Morgan fingerprint density at radius 2 is 1.88 bits per heavy atom. The van der Waals surface area contributed by atoms with Crippen molar-refractivity contribution in [3.05, 3.63) is 42.0 Å². The number of esters is 1. The van der Waals surface area contributed by atoms with Gasteiger partial charge in [0, 0.05) is 10.8 Å². The van der Waals surface area contributed by atoms with Gasteiger partial charge in [0.05, 0.1) is 12.2 Å². The number of nitrogens with one attached hydrogen (secondary N) is 1. The molecule has 132 valence electrons. The molecule has 0 aliphatic heterocycles. The van der Waals surface area contributed by atoms with E-state index in [2.05, 4.69) is 5.32 Å². The zero-order valence-electron chi connectivity index (χ0n) is 14.4. The van der Waals surface area contributed by atoms with Gasteiger partial charge in [0.2, 0.25) is 5.91 Å². The van der Waals surface area contributed by atoms with Gasteiger partial charge in [-0.25, -0.2) is 4.79 Å². The topological polar surface area (TPSA) is 55.4 Å². The van der Waals surface area contributed by atoms with Crippen LogP contribution in [0, 0.1) is 5.92 Å². The summed E-state index contributed by atoms with van der Waals surface area (Å²) in [6, 6.07) is 11.7. The van der Waals surface area contributed by atoms with Crippen molar-refractivity contribution in [3.8, 4) is 10.4 Å². The van der Waals surface area contributed by atoms with Crippen molar-refractivity contribution >= 4 is 28.2 Å². The van der Waals surface area contributed by atoms with Crippen LogP contribution >= 0.6 is 11.3 Å². The van der Waals surface area contributed by atoms with E-state index in [0.29, 0.717) is 17.2 Å². The van der Waals surface area contributed by atoms with Crippen LogP contribution < -0.4 is 5.32 Å². The van der Waals surface area contributed by atoms with Crippen molar-refractivity contribution in [2.45, 2.75) is 39.0 Å². The highest BCUT2D eigenvalue weighted by molar-refractivity contribution is 7.20. The Bertz CT molecular complexity index is 733. The number of anilines is 1. The zero-order valence-corrected chi connectivity index (χ0v) is 15.2. The second kappa shape index (κ2) is 8.30. The second-order valence-electron chi connectivity index (χ2n) is 6.26. The fourth-order valence-electron chi connectivity index (χ4n) is 3.17. The molecule has 2 aromatic rings. The first-order valence-corrected chi connectivity index (χ1v) is 9.68. The maximum Gasteiger partial charge on any atom is 0.341 e. The third kappa shape index (κ3) is 4.28. The lowest BCUT2D eigenvalue weighted by Gasteiger charge is -2.20. The van der Waals surface area contributed by atoms with E-state index in [1.807, 2.05) is 36.4 Å². The highest BCUT2D eigenvalue weighted by Crippen LogP contribution is 2.36. The van der Waals surface area contributed by atoms with Crippen molar-refractivity contribution in [3.63, 3.8) is 0 Å². The number of amides is 1. The molecular formula is C20H23NO3S. The second-order valence-corrected chi connectivity index (χ2v) is 7.32. The number of thiophene rings is 1. The van der Waals surface area contributed by atoms with Gasteiger partial charge in [-0.05, 0) is 31.4 Å². The first kappa shape index (κ1) is 17.7. The molecule has 1 N–H and O–H groups in total. The van der Waals surface area contributed by atoms with Gasteiger partial charge < -0.3 is 10.1 Å². The summed E-state index contributed by atoms with van der Waals surface area (Å²) in [5.41, 5.74) is 1.46. The van der Waals surface area contributed by atoms with Gasteiger partial charge in [-0.1, -0.05) is 49.6 Å². The zero-order chi connectivity index (χ0) is 17.6. The summed E-state index contributed by atoms with van der Waals surface area (Å²) in [6.07, 6.45) is 5.26. The lowest BCUT2D eigenvalue weighted by atomic mass is 9.89. The Kier molecular flexibility index (Phi) is 5.87. The molecule has 1 amide bonds. The van der Waals surface area contributed by atoms with Gasteiger partial charge in [0.1, 0.15) is 5.00 Å². The minimum atomic E-state index is -0.389. The Labute approximate surface area is 152 Å². The average molecular weight is 357 g/mol. The SMILES string of the molecule is CCOC(=O)c1cc(-c2ccccc2)sc1NC(=O)C1CCCCC1. The smallest absolute Gasteiger partial charge is 0.341 e. The van der Waals surface area contributed by atoms with Gasteiger partial charge in [-0.2, -0.15) is 0 Å². The summed E-state index contributed by atoms with van der Waals surface area (Å²) in [7, 11) is 0. The molecule has 1 aromatic heterocycles. The molecule has 1 aromatic carbocycles. The maximum atomic E-state index is 12.6. The molecule has 0 bridgehead atoms. The van der Waals surface area contributed by atoms with Crippen molar-refractivity contribution in [1.29, 1.82) is 0 Å². The third-order valence-corrected chi connectivity index (χ3v) is 5.60.